The minimum atomic E-state index is 0.628. The summed E-state index contributed by atoms with van der Waals surface area (Å²) in [6, 6.07) is 8.25. The van der Waals surface area contributed by atoms with Gasteiger partial charge in [0.2, 0.25) is 0 Å². The smallest absolute Gasteiger partial charge is 0.105 e. The van der Waals surface area contributed by atoms with Gasteiger partial charge in [0, 0.05) is 10.1 Å². The average Bonchev–Trinajstić information content (AvgIpc) is 2.52. The number of nitrogens with two attached hydrogens (primary N) is 1. The number of hydrogen-bond acceptors (Lipinski definition) is 3. The molecule has 0 spiro atoms. The summed E-state index contributed by atoms with van der Waals surface area (Å²) >= 11 is 1.49. The first-order valence-electron chi connectivity index (χ1n) is 4.48. The molecule has 2 aromatic rings. The summed E-state index contributed by atoms with van der Waals surface area (Å²) < 4.78 is 1.11. The second-order valence-corrected chi connectivity index (χ2v) is 4.18. The summed E-state index contributed by atoms with van der Waals surface area (Å²) in [5.41, 5.74) is 7.63. The average molecular weight is 202 g/mol. The van der Waals surface area contributed by atoms with Crippen LogP contribution in [0.2, 0.25) is 0 Å². The SMILES string of the molecule is CCc1cccc2sc(N)c(C#N)c12. The van der Waals surface area contributed by atoms with Crippen molar-refractivity contribution >= 4 is 26.4 Å². The van der Waals surface area contributed by atoms with E-state index in [1.54, 1.807) is 0 Å². The van der Waals surface area contributed by atoms with Crippen LogP contribution in [-0.2, 0) is 6.42 Å². The van der Waals surface area contributed by atoms with Crippen molar-refractivity contribution in [3.05, 3.63) is 29.3 Å². The van der Waals surface area contributed by atoms with Gasteiger partial charge in [-0.05, 0) is 18.1 Å². The Morgan fingerprint density at radius 3 is 2.93 bits per heavy atom. The number of thiophene rings is 1. The molecule has 2 rings (SSSR count). The number of hydrogen-bond donors (Lipinski definition) is 1. The van der Waals surface area contributed by atoms with Gasteiger partial charge in [0.05, 0.1) is 5.56 Å². The zero-order valence-electron chi connectivity index (χ0n) is 7.87. The van der Waals surface area contributed by atoms with E-state index < -0.39 is 0 Å². The molecule has 0 aliphatic heterocycles. The van der Waals surface area contributed by atoms with Crippen LogP contribution < -0.4 is 5.73 Å². The molecule has 1 heterocycles. The molecule has 0 aliphatic carbocycles. The van der Waals surface area contributed by atoms with Crippen molar-refractivity contribution in [2.24, 2.45) is 0 Å². The van der Waals surface area contributed by atoms with Gasteiger partial charge in [0.15, 0.2) is 0 Å². The van der Waals surface area contributed by atoms with Gasteiger partial charge in [0.25, 0.3) is 0 Å². The Hall–Kier alpha value is -1.53. The summed E-state index contributed by atoms with van der Waals surface area (Å²) in [6.45, 7) is 2.09. The summed E-state index contributed by atoms with van der Waals surface area (Å²) in [5.74, 6) is 0. The molecule has 1 aromatic carbocycles. The van der Waals surface area contributed by atoms with E-state index in [4.69, 9.17) is 11.0 Å². The summed E-state index contributed by atoms with van der Waals surface area (Å²) in [5, 5.41) is 10.7. The number of rotatable bonds is 1. The molecule has 0 amide bonds. The molecule has 14 heavy (non-hydrogen) atoms. The Morgan fingerprint density at radius 1 is 1.50 bits per heavy atom. The predicted octanol–water partition coefficient (Wildman–Crippen LogP) is 2.92. The Balaban J connectivity index is 2.91. The van der Waals surface area contributed by atoms with Crippen LogP contribution in [-0.4, -0.2) is 0 Å². The zero-order valence-corrected chi connectivity index (χ0v) is 8.69. The van der Waals surface area contributed by atoms with E-state index in [0.717, 1.165) is 16.5 Å². The fraction of sp³-hybridized carbons (Fsp3) is 0.182. The van der Waals surface area contributed by atoms with Crippen LogP contribution in [0.15, 0.2) is 18.2 Å². The molecule has 1 aromatic heterocycles. The minimum absolute atomic E-state index is 0.628. The number of fused-ring (bicyclic) bond motifs is 1. The summed E-state index contributed by atoms with van der Waals surface area (Å²) in [7, 11) is 0. The minimum Gasteiger partial charge on any atom is -0.389 e. The fourth-order valence-corrected chi connectivity index (χ4v) is 2.61. The summed E-state index contributed by atoms with van der Waals surface area (Å²) in [6.07, 6.45) is 0.933. The highest BCUT2D eigenvalue weighted by molar-refractivity contribution is 7.23. The van der Waals surface area contributed by atoms with Crippen LogP contribution in [0.3, 0.4) is 0 Å². The molecule has 70 valence electrons. The van der Waals surface area contributed by atoms with Crippen molar-refractivity contribution in [2.75, 3.05) is 5.73 Å². The van der Waals surface area contributed by atoms with E-state index in [1.165, 1.54) is 16.9 Å². The molecule has 0 unspecified atom stereocenters. The molecule has 0 saturated heterocycles. The normalized spacial score (nSPS) is 10.3. The second kappa shape index (κ2) is 3.32. The standard InChI is InChI=1S/C11H10N2S/c1-2-7-4-3-5-9-10(7)8(6-12)11(13)14-9/h3-5H,2,13H2,1H3. The van der Waals surface area contributed by atoms with Gasteiger partial charge in [-0.25, -0.2) is 0 Å². The predicted molar refractivity (Wildman–Crippen MR) is 60.3 cm³/mol. The molecule has 0 aliphatic rings. The van der Waals surface area contributed by atoms with Gasteiger partial charge in [-0.15, -0.1) is 11.3 Å². The van der Waals surface area contributed by atoms with Crippen LogP contribution in [0.4, 0.5) is 5.00 Å². The van der Waals surface area contributed by atoms with Crippen molar-refractivity contribution in [1.29, 1.82) is 5.26 Å². The quantitative estimate of drug-likeness (QED) is 0.773. The van der Waals surface area contributed by atoms with Crippen LogP contribution in [0.5, 0.6) is 0 Å². The molecule has 0 fully saturated rings. The molecule has 0 bridgehead atoms. The van der Waals surface area contributed by atoms with Gasteiger partial charge < -0.3 is 5.73 Å². The van der Waals surface area contributed by atoms with Gasteiger partial charge in [-0.2, -0.15) is 5.26 Å². The van der Waals surface area contributed by atoms with Crippen molar-refractivity contribution < 1.29 is 0 Å². The molecule has 2 N–H and O–H groups in total. The molecular formula is C11H10N2S. The van der Waals surface area contributed by atoms with Crippen LogP contribution >= 0.6 is 11.3 Å². The van der Waals surface area contributed by atoms with E-state index in [2.05, 4.69) is 19.1 Å². The molecule has 0 atom stereocenters. The highest BCUT2D eigenvalue weighted by atomic mass is 32.1. The van der Waals surface area contributed by atoms with Gasteiger partial charge in [-0.1, -0.05) is 19.1 Å². The number of benzene rings is 1. The number of nitrogen functional groups attached to an aromatic ring is 1. The number of nitrogens with zero attached hydrogens (tertiary/aromatic N) is 1. The van der Waals surface area contributed by atoms with Crippen molar-refractivity contribution in [1.82, 2.24) is 0 Å². The first-order valence-corrected chi connectivity index (χ1v) is 5.29. The maximum absolute atomic E-state index is 9.00. The van der Waals surface area contributed by atoms with Crippen molar-refractivity contribution in [3.8, 4) is 6.07 Å². The Bertz CT molecular complexity index is 520. The lowest BCUT2D eigenvalue weighted by Gasteiger charge is -1.98. The maximum Gasteiger partial charge on any atom is 0.105 e. The second-order valence-electron chi connectivity index (χ2n) is 3.10. The summed E-state index contributed by atoms with van der Waals surface area (Å²) in [4.78, 5) is 0. The number of nitriles is 1. The molecule has 2 nitrogen and oxygen atoms in total. The topological polar surface area (TPSA) is 49.8 Å². The first kappa shape index (κ1) is 9.04. The third kappa shape index (κ3) is 1.16. The van der Waals surface area contributed by atoms with E-state index in [0.29, 0.717) is 10.6 Å². The Labute approximate surface area is 86.6 Å². The first-order chi connectivity index (χ1) is 6.77. The maximum atomic E-state index is 9.00. The van der Waals surface area contributed by atoms with E-state index in [-0.39, 0.29) is 0 Å². The molecule has 3 heteroatoms. The fourth-order valence-electron chi connectivity index (χ4n) is 1.64. The third-order valence-electron chi connectivity index (χ3n) is 2.32. The van der Waals surface area contributed by atoms with E-state index in [1.807, 2.05) is 12.1 Å². The highest BCUT2D eigenvalue weighted by Crippen LogP contribution is 2.35. The van der Waals surface area contributed by atoms with E-state index >= 15 is 0 Å². The molecular weight excluding hydrogens is 192 g/mol. The monoisotopic (exact) mass is 202 g/mol. The lowest BCUT2D eigenvalue weighted by atomic mass is 10.0. The van der Waals surface area contributed by atoms with Crippen molar-refractivity contribution in [3.63, 3.8) is 0 Å². The lowest BCUT2D eigenvalue weighted by molar-refractivity contribution is 1.16. The lowest BCUT2D eigenvalue weighted by Crippen LogP contribution is -1.86. The molecule has 0 radical (unpaired) electrons. The largest absolute Gasteiger partial charge is 0.389 e. The Morgan fingerprint density at radius 2 is 2.29 bits per heavy atom. The third-order valence-corrected chi connectivity index (χ3v) is 3.31. The van der Waals surface area contributed by atoms with Crippen LogP contribution in [0.1, 0.15) is 18.1 Å². The number of anilines is 1. The van der Waals surface area contributed by atoms with Gasteiger partial charge >= 0.3 is 0 Å². The van der Waals surface area contributed by atoms with Crippen molar-refractivity contribution in [2.45, 2.75) is 13.3 Å². The number of aryl methyl sites for hydroxylation is 1. The van der Waals surface area contributed by atoms with E-state index in [9.17, 15) is 0 Å². The zero-order chi connectivity index (χ0) is 10.1. The van der Waals surface area contributed by atoms with Crippen LogP contribution in [0, 0.1) is 11.3 Å². The van der Waals surface area contributed by atoms with Gasteiger partial charge in [0.1, 0.15) is 11.1 Å². The van der Waals surface area contributed by atoms with Crippen LogP contribution in [0.25, 0.3) is 10.1 Å². The highest BCUT2D eigenvalue weighted by Gasteiger charge is 2.11. The molecule has 0 saturated carbocycles. The Kier molecular flexibility index (Phi) is 2.14. The van der Waals surface area contributed by atoms with Gasteiger partial charge in [-0.3, -0.25) is 0 Å².